The first kappa shape index (κ1) is 27.0. The molecule has 8 nitrogen and oxygen atoms in total. The maximum absolute atomic E-state index is 12.0. The molecule has 8 heteroatoms. The minimum atomic E-state index is -1.02. The number of rotatable bonds is 9. The Morgan fingerprint density at radius 2 is 1.34 bits per heavy atom. The number of benzene rings is 1. The monoisotopic (exact) mass is 414 g/mol. The topological polar surface area (TPSA) is 145 Å². The predicted molar refractivity (Wildman–Crippen MR) is 108 cm³/mol. The van der Waals surface area contributed by atoms with Crippen molar-refractivity contribution in [2.24, 2.45) is 10.8 Å². The number of carbonyl (C=O) groups is 2. The fourth-order valence-corrected chi connectivity index (χ4v) is 2.14. The third-order valence-corrected chi connectivity index (χ3v) is 5.02. The Morgan fingerprint density at radius 1 is 0.897 bits per heavy atom. The van der Waals surface area contributed by atoms with Gasteiger partial charge in [-0.15, -0.1) is 0 Å². The molecule has 0 aliphatic carbocycles. The van der Waals surface area contributed by atoms with E-state index < -0.39 is 22.8 Å². The molecule has 0 spiro atoms. The molecule has 0 saturated carbocycles. The van der Waals surface area contributed by atoms with Crippen molar-refractivity contribution in [2.75, 3.05) is 33.0 Å². The van der Waals surface area contributed by atoms with Gasteiger partial charge in [0, 0.05) is 10.8 Å². The predicted octanol–water partition coefficient (Wildman–Crippen LogP) is 1.54. The summed E-state index contributed by atoms with van der Waals surface area (Å²) in [7, 11) is 0. The maximum atomic E-state index is 12.0. The first-order chi connectivity index (χ1) is 13.4. The van der Waals surface area contributed by atoms with E-state index in [-0.39, 0.29) is 38.6 Å². The zero-order valence-corrected chi connectivity index (χ0v) is 17.9. The largest absolute Gasteiger partial charge is 0.478 e. The van der Waals surface area contributed by atoms with E-state index in [1.165, 1.54) is 12.1 Å². The smallest absolute Gasteiger partial charge is 0.338 e. The first-order valence-corrected chi connectivity index (χ1v) is 9.38. The first-order valence-electron chi connectivity index (χ1n) is 9.38. The number of hydrogen-bond acceptors (Lipinski definition) is 7. The number of esters is 1. The van der Waals surface area contributed by atoms with Crippen LogP contribution in [0.5, 0.6) is 0 Å². The van der Waals surface area contributed by atoms with Gasteiger partial charge in [0.05, 0.1) is 44.2 Å². The summed E-state index contributed by atoms with van der Waals surface area (Å²) in [5.74, 6) is -1.53. The average molecular weight is 414 g/mol. The Labute approximate surface area is 171 Å². The van der Waals surface area contributed by atoms with Crippen LogP contribution in [0.15, 0.2) is 12.1 Å². The van der Waals surface area contributed by atoms with E-state index in [0.29, 0.717) is 23.1 Å². The molecule has 0 unspecified atom stereocenters. The second-order valence-electron chi connectivity index (χ2n) is 7.94. The molecule has 0 aliphatic rings. The summed E-state index contributed by atoms with van der Waals surface area (Å²) in [6.07, 6.45) is 0.594. The molecule has 0 aromatic heterocycles. The van der Waals surface area contributed by atoms with Gasteiger partial charge in [-0.1, -0.05) is 20.8 Å². The summed E-state index contributed by atoms with van der Waals surface area (Å²) in [5, 5.41) is 44.1. The van der Waals surface area contributed by atoms with Crippen LogP contribution in [0.3, 0.4) is 0 Å². The number of carbonyl (C=O) groups excluding carboxylic acids is 1. The Morgan fingerprint density at radius 3 is 1.69 bits per heavy atom. The minimum absolute atomic E-state index is 0.0871. The highest BCUT2D eigenvalue weighted by molar-refractivity contribution is 5.95. The van der Waals surface area contributed by atoms with E-state index >= 15 is 0 Å². The van der Waals surface area contributed by atoms with Gasteiger partial charge in [-0.3, -0.25) is 0 Å². The van der Waals surface area contributed by atoms with Crippen LogP contribution in [-0.4, -0.2) is 70.5 Å². The Bertz CT molecular complexity index is 660. The molecule has 5 N–H and O–H groups in total. The molecule has 0 amide bonds. The molecule has 0 radical (unpaired) electrons. The fraction of sp³-hybridized carbons (Fsp3) is 0.619. The molecule has 29 heavy (non-hydrogen) atoms. The molecule has 0 aliphatic heterocycles. The fourth-order valence-electron chi connectivity index (χ4n) is 2.14. The summed E-state index contributed by atoms with van der Waals surface area (Å²) in [5.41, 5.74) is 0.501. The van der Waals surface area contributed by atoms with Crippen LogP contribution in [-0.2, 0) is 4.74 Å². The normalized spacial score (nSPS) is 11.5. The van der Waals surface area contributed by atoms with E-state index in [4.69, 9.17) is 30.3 Å². The van der Waals surface area contributed by atoms with Crippen molar-refractivity contribution >= 4 is 11.9 Å². The van der Waals surface area contributed by atoms with Crippen LogP contribution in [0.2, 0.25) is 0 Å². The lowest BCUT2D eigenvalue weighted by Crippen LogP contribution is -2.32. The van der Waals surface area contributed by atoms with Crippen molar-refractivity contribution in [3.63, 3.8) is 0 Å². The van der Waals surface area contributed by atoms with E-state index in [0.717, 1.165) is 0 Å². The summed E-state index contributed by atoms with van der Waals surface area (Å²) < 4.78 is 5.17. The van der Waals surface area contributed by atoms with Crippen molar-refractivity contribution in [2.45, 2.75) is 41.0 Å². The van der Waals surface area contributed by atoms with Crippen LogP contribution < -0.4 is 0 Å². The van der Waals surface area contributed by atoms with E-state index in [1.54, 1.807) is 27.7 Å². The molecular formula is C21H34O8. The van der Waals surface area contributed by atoms with Crippen molar-refractivity contribution < 1.29 is 39.9 Å². The lowest BCUT2D eigenvalue weighted by Gasteiger charge is -2.24. The SMILES string of the molecule is CCC(CO)(CO)CO.Cc1c(C(=O)O)ccc(C(=O)OCC(C)(C)CO)c1C. The zero-order valence-electron chi connectivity index (χ0n) is 17.9. The van der Waals surface area contributed by atoms with Gasteiger partial charge in [-0.05, 0) is 43.5 Å². The summed E-state index contributed by atoms with van der Waals surface area (Å²) in [6.45, 7) is 8.28. The number of aliphatic hydroxyl groups is 4. The van der Waals surface area contributed by atoms with Gasteiger partial charge in [0.2, 0.25) is 0 Å². The van der Waals surface area contributed by atoms with Crippen molar-refractivity contribution in [1.29, 1.82) is 0 Å². The summed E-state index contributed by atoms with van der Waals surface area (Å²) in [4.78, 5) is 23.0. The van der Waals surface area contributed by atoms with Crippen LogP contribution in [0.25, 0.3) is 0 Å². The van der Waals surface area contributed by atoms with Crippen LogP contribution in [0, 0.1) is 24.7 Å². The molecule has 0 saturated heterocycles. The molecule has 166 valence electrons. The second-order valence-corrected chi connectivity index (χ2v) is 7.94. The number of ether oxygens (including phenoxy) is 1. The Balaban J connectivity index is 0.000000734. The van der Waals surface area contributed by atoms with E-state index in [2.05, 4.69) is 0 Å². The molecule has 0 atom stereocenters. The van der Waals surface area contributed by atoms with Gasteiger partial charge in [-0.25, -0.2) is 9.59 Å². The average Bonchev–Trinajstić information content (AvgIpc) is 2.70. The highest BCUT2D eigenvalue weighted by Gasteiger charge is 2.25. The maximum Gasteiger partial charge on any atom is 0.338 e. The Hall–Kier alpha value is -2.00. The number of hydrogen-bond donors (Lipinski definition) is 5. The van der Waals surface area contributed by atoms with Gasteiger partial charge in [-0.2, -0.15) is 0 Å². The van der Waals surface area contributed by atoms with Crippen molar-refractivity contribution in [3.05, 3.63) is 34.4 Å². The molecule has 0 heterocycles. The van der Waals surface area contributed by atoms with Gasteiger partial charge in [0.1, 0.15) is 0 Å². The molecule has 1 rings (SSSR count). The van der Waals surface area contributed by atoms with E-state index in [9.17, 15) is 9.59 Å². The van der Waals surface area contributed by atoms with Crippen LogP contribution >= 0.6 is 0 Å². The lowest BCUT2D eigenvalue weighted by molar-refractivity contribution is 0.00303. The van der Waals surface area contributed by atoms with Gasteiger partial charge in [0.15, 0.2) is 0 Å². The van der Waals surface area contributed by atoms with Crippen molar-refractivity contribution in [3.8, 4) is 0 Å². The summed E-state index contributed by atoms with van der Waals surface area (Å²) in [6, 6.07) is 2.86. The highest BCUT2D eigenvalue weighted by Crippen LogP contribution is 2.21. The van der Waals surface area contributed by atoms with Crippen LogP contribution in [0.4, 0.5) is 0 Å². The second kappa shape index (κ2) is 11.9. The van der Waals surface area contributed by atoms with Gasteiger partial charge >= 0.3 is 11.9 Å². The lowest BCUT2D eigenvalue weighted by atomic mass is 9.88. The zero-order chi connectivity index (χ0) is 22.8. The van der Waals surface area contributed by atoms with Crippen molar-refractivity contribution in [1.82, 2.24) is 0 Å². The quantitative estimate of drug-likeness (QED) is 0.383. The molecule has 1 aromatic rings. The number of aromatic carboxylic acids is 1. The molecular weight excluding hydrogens is 380 g/mol. The standard InChI is InChI=1S/C15H20O5.C6H14O3/c1-9-10(2)12(6-5-11(9)13(17)18)14(19)20-8-15(3,4)7-16;1-2-6(3-7,4-8)5-9/h5-6,16H,7-8H2,1-4H3,(H,17,18);7-9H,2-5H2,1H3. The Kier molecular flexibility index (Phi) is 11.1. The third kappa shape index (κ3) is 7.74. The number of carboxylic acids is 1. The molecule has 1 aromatic carbocycles. The highest BCUT2D eigenvalue weighted by atomic mass is 16.5. The number of aliphatic hydroxyl groups excluding tert-OH is 4. The van der Waals surface area contributed by atoms with Crippen LogP contribution in [0.1, 0.15) is 59.0 Å². The van der Waals surface area contributed by atoms with Gasteiger partial charge < -0.3 is 30.3 Å². The van der Waals surface area contributed by atoms with E-state index in [1.807, 2.05) is 6.92 Å². The minimum Gasteiger partial charge on any atom is -0.478 e. The van der Waals surface area contributed by atoms with Gasteiger partial charge in [0.25, 0.3) is 0 Å². The third-order valence-electron chi connectivity index (χ3n) is 5.02. The molecule has 0 fully saturated rings. The molecule has 0 bridgehead atoms. The number of carboxylic acid groups (broad SMARTS) is 1. The summed E-state index contributed by atoms with van der Waals surface area (Å²) >= 11 is 0.